The van der Waals surface area contributed by atoms with Crippen molar-refractivity contribution < 1.29 is 9.59 Å². The molecule has 1 aliphatic heterocycles. The van der Waals surface area contributed by atoms with Gasteiger partial charge in [-0.3, -0.25) is 9.59 Å². The molecule has 1 aromatic carbocycles. The van der Waals surface area contributed by atoms with Crippen LogP contribution in [0.3, 0.4) is 0 Å². The molecule has 1 aliphatic rings. The number of hydrogen-bond donors (Lipinski definition) is 1. The first-order valence-corrected chi connectivity index (χ1v) is 8.27. The van der Waals surface area contributed by atoms with Gasteiger partial charge in [-0.1, -0.05) is 26.0 Å². The van der Waals surface area contributed by atoms with E-state index in [2.05, 4.69) is 5.32 Å². The van der Waals surface area contributed by atoms with Crippen LogP contribution < -0.4 is 5.32 Å². The molecule has 1 N–H and O–H groups in total. The summed E-state index contributed by atoms with van der Waals surface area (Å²) >= 11 is 0. The normalized spacial score (nSPS) is 16.2. The van der Waals surface area contributed by atoms with Crippen molar-refractivity contribution in [2.75, 3.05) is 13.1 Å². The number of carbonyl (C=O) groups is 2. The van der Waals surface area contributed by atoms with Crippen LogP contribution in [0.2, 0.25) is 0 Å². The Morgan fingerprint density at radius 3 is 2.36 bits per heavy atom. The number of likely N-dealkylation sites (tertiary alicyclic amines) is 1. The van der Waals surface area contributed by atoms with E-state index in [1.54, 1.807) is 0 Å². The van der Waals surface area contributed by atoms with Gasteiger partial charge in [-0.05, 0) is 43.4 Å². The lowest BCUT2D eigenvalue weighted by Crippen LogP contribution is -2.35. The van der Waals surface area contributed by atoms with Gasteiger partial charge in [0.2, 0.25) is 5.91 Å². The van der Waals surface area contributed by atoms with Gasteiger partial charge in [0.25, 0.3) is 5.91 Å². The Morgan fingerprint density at radius 2 is 1.77 bits per heavy atom. The molecule has 0 aromatic heterocycles. The first-order chi connectivity index (χ1) is 10.6. The van der Waals surface area contributed by atoms with E-state index in [-0.39, 0.29) is 17.7 Å². The lowest BCUT2D eigenvalue weighted by atomic mass is 10.1. The molecule has 120 valence electrons. The topological polar surface area (TPSA) is 49.4 Å². The molecule has 4 heteroatoms. The Balaban J connectivity index is 1.89. The van der Waals surface area contributed by atoms with Gasteiger partial charge in [0.1, 0.15) is 0 Å². The average molecular weight is 302 g/mol. The van der Waals surface area contributed by atoms with Gasteiger partial charge in [0, 0.05) is 31.1 Å². The Labute approximate surface area is 132 Å². The number of rotatable bonds is 5. The molecule has 0 spiro atoms. The Hall–Kier alpha value is -1.84. The highest BCUT2D eigenvalue weighted by Crippen LogP contribution is 2.14. The highest BCUT2D eigenvalue weighted by molar-refractivity contribution is 5.94. The van der Waals surface area contributed by atoms with Gasteiger partial charge in [-0.2, -0.15) is 0 Å². The third kappa shape index (κ3) is 4.33. The van der Waals surface area contributed by atoms with E-state index in [1.807, 2.05) is 43.0 Å². The van der Waals surface area contributed by atoms with Gasteiger partial charge in [0.05, 0.1) is 0 Å². The first-order valence-electron chi connectivity index (χ1n) is 8.27. The quantitative estimate of drug-likeness (QED) is 0.909. The van der Waals surface area contributed by atoms with Crippen LogP contribution in [0.25, 0.3) is 0 Å². The van der Waals surface area contributed by atoms with Crippen LogP contribution in [-0.4, -0.2) is 29.8 Å². The van der Waals surface area contributed by atoms with Crippen molar-refractivity contribution in [1.82, 2.24) is 10.2 Å². The second-order valence-electron chi connectivity index (χ2n) is 6.08. The number of benzene rings is 1. The van der Waals surface area contributed by atoms with Crippen molar-refractivity contribution in [1.29, 1.82) is 0 Å². The van der Waals surface area contributed by atoms with Crippen molar-refractivity contribution in [2.24, 2.45) is 5.92 Å². The Morgan fingerprint density at radius 1 is 1.14 bits per heavy atom. The van der Waals surface area contributed by atoms with E-state index < -0.39 is 0 Å². The molecule has 22 heavy (non-hydrogen) atoms. The van der Waals surface area contributed by atoms with Crippen molar-refractivity contribution in [2.45, 2.75) is 46.1 Å². The monoisotopic (exact) mass is 302 g/mol. The van der Waals surface area contributed by atoms with Gasteiger partial charge in [-0.15, -0.1) is 0 Å². The third-order valence-electron chi connectivity index (χ3n) is 4.37. The first kappa shape index (κ1) is 16.5. The zero-order chi connectivity index (χ0) is 15.9. The van der Waals surface area contributed by atoms with E-state index in [0.29, 0.717) is 6.54 Å². The van der Waals surface area contributed by atoms with Crippen LogP contribution in [0.4, 0.5) is 0 Å². The van der Waals surface area contributed by atoms with Crippen molar-refractivity contribution in [3.8, 4) is 0 Å². The summed E-state index contributed by atoms with van der Waals surface area (Å²) in [6, 6.07) is 7.57. The number of amides is 2. The maximum absolute atomic E-state index is 12.4. The van der Waals surface area contributed by atoms with E-state index in [1.165, 1.54) is 6.42 Å². The van der Waals surface area contributed by atoms with Gasteiger partial charge >= 0.3 is 0 Å². The van der Waals surface area contributed by atoms with E-state index in [0.717, 1.165) is 43.5 Å². The molecule has 1 atom stereocenters. The van der Waals surface area contributed by atoms with Gasteiger partial charge in [0.15, 0.2) is 0 Å². The molecule has 4 nitrogen and oxygen atoms in total. The van der Waals surface area contributed by atoms with E-state index in [4.69, 9.17) is 0 Å². The van der Waals surface area contributed by atoms with Crippen LogP contribution >= 0.6 is 0 Å². The minimum Gasteiger partial charge on any atom is -0.352 e. The molecule has 0 radical (unpaired) electrons. The molecule has 1 fully saturated rings. The zero-order valence-electron chi connectivity index (χ0n) is 13.6. The van der Waals surface area contributed by atoms with Crippen LogP contribution in [0.15, 0.2) is 24.3 Å². The summed E-state index contributed by atoms with van der Waals surface area (Å²) in [5, 5.41) is 2.93. The zero-order valence-corrected chi connectivity index (χ0v) is 13.6. The molecule has 1 aromatic rings. The lowest BCUT2D eigenvalue weighted by molar-refractivity contribution is -0.124. The largest absolute Gasteiger partial charge is 0.352 e. The number of piperidine rings is 1. The van der Waals surface area contributed by atoms with E-state index >= 15 is 0 Å². The number of nitrogens with zero attached hydrogens (tertiary/aromatic N) is 1. The summed E-state index contributed by atoms with van der Waals surface area (Å²) in [6.45, 7) is 6.18. The number of carbonyl (C=O) groups excluding carboxylic acids is 2. The SMILES string of the molecule is CCC(C)C(=O)NCc1ccc(C(=O)N2CCCCC2)cc1. The van der Waals surface area contributed by atoms with Crippen molar-refractivity contribution in [3.63, 3.8) is 0 Å². The molecule has 2 rings (SSSR count). The lowest BCUT2D eigenvalue weighted by Gasteiger charge is -2.26. The fourth-order valence-corrected chi connectivity index (χ4v) is 2.59. The smallest absolute Gasteiger partial charge is 0.253 e. The summed E-state index contributed by atoms with van der Waals surface area (Å²) in [6.07, 6.45) is 4.27. The maximum Gasteiger partial charge on any atom is 0.253 e. The second kappa shape index (κ2) is 7.97. The van der Waals surface area contributed by atoms with Gasteiger partial charge in [-0.25, -0.2) is 0 Å². The van der Waals surface area contributed by atoms with Gasteiger partial charge < -0.3 is 10.2 Å². The minimum absolute atomic E-state index is 0.0416. The maximum atomic E-state index is 12.4. The molecule has 0 aliphatic carbocycles. The van der Waals surface area contributed by atoms with Crippen LogP contribution in [0, 0.1) is 5.92 Å². The van der Waals surface area contributed by atoms with Crippen LogP contribution in [0.5, 0.6) is 0 Å². The standard InChI is InChI=1S/C18H26N2O2/c1-3-14(2)17(21)19-13-15-7-9-16(10-8-15)18(22)20-11-5-4-6-12-20/h7-10,14H,3-6,11-13H2,1-2H3,(H,19,21). The summed E-state index contributed by atoms with van der Waals surface area (Å²) < 4.78 is 0. The van der Waals surface area contributed by atoms with Crippen LogP contribution in [-0.2, 0) is 11.3 Å². The highest BCUT2D eigenvalue weighted by atomic mass is 16.2. The molecular formula is C18H26N2O2. The molecular weight excluding hydrogens is 276 g/mol. The predicted molar refractivity (Wildman–Crippen MR) is 87.5 cm³/mol. The molecule has 2 amide bonds. The van der Waals surface area contributed by atoms with Crippen molar-refractivity contribution in [3.05, 3.63) is 35.4 Å². The second-order valence-corrected chi connectivity index (χ2v) is 6.08. The fraction of sp³-hybridized carbons (Fsp3) is 0.556. The molecule has 1 unspecified atom stereocenters. The number of nitrogens with one attached hydrogen (secondary N) is 1. The average Bonchev–Trinajstić information content (AvgIpc) is 2.59. The summed E-state index contributed by atoms with van der Waals surface area (Å²) in [7, 11) is 0. The Bertz CT molecular complexity index is 504. The summed E-state index contributed by atoms with van der Waals surface area (Å²) in [5.41, 5.74) is 1.76. The fourth-order valence-electron chi connectivity index (χ4n) is 2.59. The predicted octanol–water partition coefficient (Wildman–Crippen LogP) is 2.98. The summed E-state index contributed by atoms with van der Waals surface area (Å²) in [4.78, 5) is 26.1. The summed E-state index contributed by atoms with van der Waals surface area (Å²) in [5.74, 6) is 0.241. The highest BCUT2D eigenvalue weighted by Gasteiger charge is 2.17. The molecule has 1 heterocycles. The number of hydrogen-bond acceptors (Lipinski definition) is 2. The van der Waals surface area contributed by atoms with E-state index in [9.17, 15) is 9.59 Å². The molecule has 1 saturated heterocycles. The molecule has 0 saturated carbocycles. The third-order valence-corrected chi connectivity index (χ3v) is 4.37. The minimum atomic E-state index is 0.0416. The van der Waals surface area contributed by atoms with Crippen LogP contribution in [0.1, 0.15) is 55.5 Å². The molecule has 0 bridgehead atoms. The Kier molecular flexibility index (Phi) is 5.99. The van der Waals surface area contributed by atoms with Crippen molar-refractivity contribution >= 4 is 11.8 Å².